The molecule has 1 amide bonds. The smallest absolute Gasteiger partial charge is 0.315 e. The predicted octanol–water partition coefficient (Wildman–Crippen LogP) is 3.01. The van der Waals surface area contributed by atoms with Gasteiger partial charge in [0.05, 0.1) is 10.4 Å². The van der Waals surface area contributed by atoms with E-state index in [0.717, 1.165) is 11.9 Å². The van der Waals surface area contributed by atoms with Crippen LogP contribution in [0.5, 0.6) is 0 Å². The maximum atomic E-state index is 13.1. The van der Waals surface area contributed by atoms with Crippen molar-refractivity contribution in [3.05, 3.63) is 30.1 Å². The minimum atomic E-state index is -3.50. The largest absolute Gasteiger partial charge is 0.367 e. The van der Waals surface area contributed by atoms with Crippen LogP contribution < -0.4 is 10.6 Å². The molecule has 2 fully saturated rings. The first-order chi connectivity index (χ1) is 16.6. The SMILES string of the molecule is Cc1cc(Nc2cc3ncc(S(C)(=O)=O)cc3c(NC3C[C@H]4CC[C@@H](C3)N4C(=O)C(F)F)n2)n[nH]1. The number of aromatic nitrogens is 4. The lowest BCUT2D eigenvalue weighted by atomic mass is 9.97. The second kappa shape index (κ2) is 8.70. The number of hydrogen-bond donors (Lipinski definition) is 3. The molecule has 0 radical (unpaired) electrons. The van der Waals surface area contributed by atoms with E-state index in [-0.39, 0.29) is 23.0 Å². The zero-order valence-electron chi connectivity index (χ0n) is 19.1. The number of rotatable bonds is 6. The van der Waals surface area contributed by atoms with Crippen LogP contribution in [0.25, 0.3) is 10.9 Å². The molecule has 0 aromatic carbocycles. The van der Waals surface area contributed by atoms with Crippen molar-refractivity contribution >= 4 is 44.1 Å². The highest BCUT2D eigenvalue weighted by Crippen LogP contribution is 2.38. The van der Waals surface area contributed by atoms with Gasteiger partial charge in [0, 0.05) is 53.8 Å². The minimum absolute atomic E-state index is 0.0657. The normalized spacial score (nSPS) is 22.1. The summed E-state index contributed by atoms with van der Waals surface area (Å²) in [6.45, 7) is 1.87. The number of amides is 1. The molecular weight excluding hydrogens is 480 g/mol. The van der Waals surface area contributed by atoms with Crippen molar-refractivity contribution in [3.63, 3.8) is 0 Å². The number of aryl methyl sites for hydroxylation is 1. The second-order valence-corrected chi connectivity index (χ2v) is 11.2. The van der Waals surface area contributed by atoms with Crippen molar-refractivity contribution in [2.75, 3.05) is 16.9 Å². The van der Waals surface area contributed by atoms with E-state index in [0.29, 0.717) is 54.0 Å². The third kappa shape index (κ3) is 4.64. The third-order valence-electron chi connectivity index (χ3n) is 6.56. The lowest BCUT2D eigenvalue weighted by Gasteiger charge is -2.39. The molecule has 2 aliphatic rings. The monoisotopic (exact) mass is 505 g/mol. The Morgan fingerprint density at radius 3 is 2.49 bits per heavy atom. The number of nitrogens with one attached hydrogen (secondary N) is 3. The number of sulfone groups is 1. The number of alkyl halides is 2. The van der Waals surface area contributed by atoms with E-state index in [2.05, 4.69) is 30.8 Å². The predicted molar refractivity (Wildman–Crippen MR) is 126 cm³/mol. The van der Waals surface area contributed by atoms with Gasteiger partial charge < -0.3 is 15.5 Å². The van der Waals surface area contributed by atoms with Gasteiger partial charge in [0.2, 0.25) is 0 Å². The fraction of sp³-hybridized carbons (Fsp3) is 0.455. The Morgan fingerprint density at radius 2 is 1.89 bits per heavy atom. The summed E-state index contributed by atoms with van der Waals surface area (Å²) in [7, 11) is -3.50. The number of anilines is 3. The fourth-order valence-electron chi connectivity index (χ4n) is 5.05. The Labute approximate surface area is 200 Å². The summed E-state index contributed by atoms with van der Waals surface area (Å²) in [5.74, 6) is 0.333. The standard InChI is InChI=1S/C22H25F2N7O3S/c1-11-5-19(30-29-11)27-18-9-17-16(8-15(10-25-17)35(2,33)34)21(28-18)26-12-6-13-3-4-14(7-12)31(13)22(32)20(23)24/h5,8-10,12-14,20H,3-4,6-7H2,1-2H3,(H3,26,27,28,29,30)/t12?,13-,14+. The van der Waals surface area contributed by atoms with Gasteiger partial charge in [0.15, 0.2) is 15.7 Å². The van der Waals surface area contributed by atoms with Gasteiger partial charge in [-0.1, -0.05) is 0 Å². The molecule has 3 N–H and O–H groups in total. The molecule has 0 aliphatic carbocycles. The Kier molecular flexibility index (Phi) is 5.82. The van der Waals surface area contributed by atoms with E-state index in [1.165, 1.54) is 17.2 Å². The zero-order valence-corrected chi connectivity index (χ0v) is 19.9. The molecule has 2 aliphatic heterocycles. The summed E-state index contributed by atoms with van der Waals surface area (Å²) < 4.78 is 50.4. The van der Waals surface area contributed by atoms with Gasteiger partial charge in [0.1, 0.15) is 11.6 Å². The van der Waals surface area contributed by atoms with Gasteiger partial charge in [-0.2, -0.15) is 13.9 Å². The maximum absolute atomic E-state index is 13.1. The van der Waals surface area contributed by atoms with Crippen LogP contribution in [-0.4, -0.2) is 70.2 Å². The fourth-order valence-corrected chi connectivity index (χ4v) is 5.63. The molecule has 2 bridgehead atoms. The van der Waals surface area contributed by atoms with E-state index in [4.69, 9.17) is 0 Å². The number of carbonyl (C=O) groups is 1. The third-order valence-corrected chi connectivity index (χ3v) is 7.64. The summed E-state index contributed by atoms with van der Waals surface area (Å²) in [4.78, 5) is 22.4. The lowest BCUT2D eigenvalue weighted by Crippen LogP contribution is -2.51. The molecule has 3 atom stereocenters. The summed E-state index contributed by atoms with van der Waals surface area (Å²) in [5.41, 5.74) is 1.39. The van der Waals surface area contributed by atoms with Gasteiger partial charge in [-0.25, -0.2) is 13.4 Å². The average molecular weight is 506 g/mol. The van der Waals surface area contributed by atoms with Crippen LogP contribution in [-0.2, 0) is 14.6 Å². The first-order valence-corrected chi connectivity index (χ1v) is 13.1. The molecule has 0 saturated carbocycles. The van der Waals surface area contributed by atoms with Crippen LogP contribution in [0.4, 0.5) is 26.2 Å². The number of nitrogens with zero attached hydrogens (tertiary/aromatic N) is 4. The van der Waals surface area contributed by atoms with Crippen LogP contribution in [0, 0.1) is 6.92 Å². The number of halogens is 2. The van der Waals surface area contributed by atoms with Gasteiger partial charge >= 0.3 is 6.43 Å². The van der Waals surface area contributed by atoms with E-state index in [9.17, 15) is 22.0 Å². The van der Waals surface area contributed by atoms with Crippen LogP contribution in [0.15, 0.2) is 29.3 Å². The van der Waals surface area contributed by atoms with E-state index < -0.39 is 22.2 Å². The van der Waals surface area contributed by atoms with Gasteiger partial charge in [0.25, 0.3) is 5.91 Å². The highest BCUT2D eigenvalue weighted by atomic mass is 32.2. The van der Waals surface area contributed by atoms with E-state index in [1.807, 2.05) is 13.0 Å². The molecule has 3 aromatic heterocycles. The maximum Gasteiger partial charge on any atom is 0.315 e. The van der Waals surface area contributed by atoms with Gasteiger partial charge in [-0.15, -0.1) is 0 Å². The first kappa shape index (κ1) is 23.4. The summed E-state index contributed by atoms with van der Waals surface area (Å²) in [5, 5.41) is 14.0. The Hall–Kier alpha value is -3.35. The molecule has 3 aromatic rings. The highest BCUT2D eigenvalue weighted by molar-refractivity contribution is 7.90. The Balaban J connectivity index is 1.48. The Morgan fingerprint density at radius 1 is 1.17 bits per heavy atom. The van der Waals surface area contributed by atoms with Gasteiger partial charge in [-0.3, -0.25) is 14.9 Å². The van der Waals surface area contributed by atoms with Crippen LogP contribution in [0.1, 0.15) is 31.4 Å². The molecule has 10 nitrogen and oxygen atoms in total. The quantitative estimate of drug-likeness (QED) is 0.466. The molecule has 13 heteroatoms. The summed E-state index contributed by atoms with van der Waals surface area (Å²) in [6.07, 6.45) is 1.74. The highest BCUT2D eigenvalue weighted by Gasteiger charge is 2.45. The molecule has 186 valence electrons. The topological polar surface area (TPSA) is 133 Å². The number of carbonyl (C=O) groups excluding carboxylic acids is 1. The number of aromatic amines is 1. The van der Waals surface area contributed by atoms with E-state index >= 15 is 0 Å². The lowest BCUT2D eigenvalue weighted by molar-refractivity contribution is -0.147. The number of H-pyrrole nitrogens is 1. The van der Waals surface area contributed by atoms with Crippen molar-refractivity contribution in [2.24, 2.45) is 0 Å². The molecule has 5 rings (SSSR count). The number of pyridine rings is 2. The molecular formula is C22H25F2N7O3S. The molecule has 1 unspecified atom stereocenters. The van der Waals surface area contributed by atoms with Crippen molar-refractivity contribution in [1.29, 1.82) is 0 Å². The van der Waals surface area contributed by atoms with Crippen LogP contribution in [0.3, 0.4) is 0 Å². The van der Waals surface area contributed by atoms with Crippen LogP contribution in [0.2, 0.25) is 0 Å². The van der Waals surface area contributed by atoms with Crippen molar-refractivity contribution in [1.82, 2.24) is 25.1 Å². The number of hydrogen-bond acceptors (Lipinski definition) is 8. The van der Waals surface area contributed by atoms with E-state index in [1.54, 1.807) is 6.07 Å². The first-order valence-electron chi connectivity index (χ1n) is 11.3. The minimum Gasteiger partial charge on any atom is -0.367 e. The van der Waals surface area contributed by atoms with Crippen molar-refractivity contribution < 1.29 is 22.0 Å². The molecule has 35 heavy (non-hydrogen) atoms. The van der Waals surface area contributed by atoms with Gasteiger partial charge in [-0.05, 0) is 38.7 Å². The van der Waals surface area contributed by atoms with Crippen molar-refractivity contribution in [2.45, 2.75) is 62.1 Å². The summed E-state index contributed by atoms with van der Waals surface area (Å²) >= 11 is 0. The summed E-state index contributed by atoms with van der Waals surface area (Å²) in [6, 6.07) is 4.37. The van der Waals surface area contributed by atoms with Crippen LogP contribution >= 0.6 is 0 Å². The number of piperidine rings is 1. The molecule has 0 spiro atoms. The molecule has 2 saturated heterocycles. The average Bonchev–Trinajstić information content (AvgIpc) is 3.31. The Bertz CT molecular complexity index is 1380. The zero-order chi connectivity index (χ0) is 24.9. The van der Waals surface area contributed by atoms with Crippen molar-refractivity contribution in [3.8, 4) is 0 Å². The number of fused-ring (bicyclic) bond motifs is 3. The molecule has 5 heterocycles. The second-order valence-electron chi connectivity index (χ2n) is 9.17.